The standard InChI is InChI=1S/C14H11F6NOS/c1-7-3-8(2)11(23-6-13(15,16)17)4-9(7)10-5-12(22-21-10)14(18,19)20/h3-5H,6H2,1-2H3. The quantitative estimate of drug-likeness (QED) is 0.527. The molecule has 0 saturated carbocycles. The topological polar surface area (TPSA) is 26.0 Å². The number of aryl methyl sites for hydroxylation is 2. The predicted molar refractivity (Wildman–Crippen MR) is 73.2 cm³/mol. The Hall–Kier alpha value is -1.64. The highest BCUT2D eigenvalue weighted by Crippen LogP contribution is 2.36. The summed E-state index contributed by atoms with van der Waals surface area (Å²) in [6.07, 6.45) is -9.00. The van der Waals surface area contributed by atoms with Crippen LogP contribution in [0.3, 0.4) is 0 Å². The van der Waals surface area contributed by atoms with Crippen LogP contribution in [-0.2, 0) is 6.18 Å². The van der Waals surface area contributed by atoms with E-state index in [1.165, 1.54) is 6.07 Å². The Morgan fingerprint density at radius 2 is 1.65 bits per heavy atom. The molecule has 0 bridgehead atoms. The summed E-state index contributed by atoms with van der Waals surface area (Å²) < 4.78 is 78.9. The molecule has 1 heterocycles. The lowest BCUT2D eigenvalue weighted by Crippen LogP contribution is -2.10. The molecule has 0 aliphatic heterocycles. The van der Waals surface area contributed by atoms with Crippen LogP contribution in [0.1, 0.15) is 16.9 Å². The normalized spacial score (nSPS) is 12.7. The van der Waals surface area contributed by atoms with E-state index in [1.54, 1.807) is 19.9 Å². The first kappa shape index (κ1) is 17.7. The van der Waals surface area contributed by atoms with Gasteiger partial charge in [-0.1, -0.05) is 11.2 Å². The van der Waals surface area contributed by atoms with Gasteiger partial charge in [-0.05, 0) is 31.0 Å². The third-order valence-corrected chi connectivity index (χ3v) is 4.20. The van der Waals surface area contributed by atoms with Crippen LogP contribution in [-0.4, -0.2) is 17.1 Å². The summed E-state index contributed by atoms with van der Waals surface area (Å²) >= 11 is 0.578. The average Bonchev–Trinajstić information content (AvgIpc) is 2.85. The third kappa shape index (κ3) is 4.43. The van der Waals surface area contributed by atoms with E-state index in [9.17, 15) is 26.3 Å². The zero-order chi connectivity index (χ0) is 17.4. The third-order valence-electron chi connectivity index (χ3n) is 2.98. The van der Waals surface area contributed by atoms with Crippen LogP contribution >= 0.6 is 11.8 Å². The van der Waals surface area contributed by atoms with Gasteiger partial charge in [-0.2, -0.15) is 26.3 Å². The second kappa shape index (κ2) is 6.10. The van der Waals surface area contributed by atoms with E-state index in [0.717, 1.165) is 6.07 Å². The summed E-state index contributed by atoms with van der Waals surface area (Å²) in [5.74, 6) is -2.33. The molecule has 0 aliphatic carbocycles. The molecule has 2 aromatic rings. The molecule has 0 spiro atoms. The second-order valence-electron chi connectivity index (χ2n) is 4.91. The predicted octanol–water partition coefficient (Wildman–Crippen LogP) is 5.63. The SMILES string of the molecule is Cc1cc(C)c(-c2cc(C(F)(F)F)on2)cc1SCC(F)(F)F. The highest BCUT2D eigenvalue weighted by atomic mass is 32.2. The fourth-order valence-corrected chi connectivity index (χ4v) is 2.77. The first-order valence-electron chi connectivity index (χ1n) is 6.32. The van der Waals surface area contributed by atoms with Gasteiger partial charge in [0.15, 0.2) is 0 Å². The maximum absolute atomic E-state index is 12.5. The van der Waals surface area contributed by atoms with Crippen LogP contribution in [0.15, 0.2) is 27.6 Å². The van der Waals surface area contributed by atoms with Crippen molar-refractivity contribution in [2.45, 2.75) is 31.1 Å². The number of thioether (sulfide) groups is 1. The molecule has 2 rings (SSSR count). The second-order valence-corrected chi connectivity index (χ2v) is 5.93. The van der Waals surface area contributed by atoms with Crippen molar-refractivity contribution < 1.29 is 30.9 Å². The van der Waals surface area contributed by atoms with Gasteiger partial charge in [0, 0.05) is 16.5 Å². The van der Waals surface area contributed by atoms with Crippen LogP contribution in [0, 0.1) is 13.8 Å². The van der Waals surface area contributed by atoms with E-state index >= 15 is 0 Å². The summed E-state index contributed by atoms with van der Waals surface area (Å²) in [6, 6.07) is 3.74. The van der Waals surface area contributed by atoms with Crippen LogP contribution in [0.4, 0.5) is 26.3 Å². The summed E-state index contributed by atoms with van der Waals surface area (Å²) in [5.41, 5.74) is 1.45. The zero-order valence-corrected chi connectivity index (χ0v) is 12.8. The number of hydrogen-bond donors (Lipinski definition) is 0. The molecular formula is C14H11F6NOS. The van der Waals surface area contributed by atoms with E-state index in [2.05, 4.69) is 9.68 Å². The fourth-order valence-electron chi connectivity index (χ4n) is 1.96. The smallest absolute Gasteiger partial charge is 0.351 e. The average molecular weight is 355 g/mol. The van der Waals surface area contributed by atoms with Crippen molar-refractivity contribution in [1.82, 2.24) is 5.16 Å². The molecular weight excluding hydrogens is 344 g/mol. The van der Waals surface area contributed by atoms with Gasteiger partial charge in [0.2, 0.25) is 5.76 Å². The van der Waals surface area contributed by atoms with E-state index in [0.29, 0.717) is 33.3 Å². The Morgan fingerprint density at radius 3 is 2.17 bits per heavy atom. The number of alkyl halides is 6. The lowest BCUT2D eigenvalue weighted by atomic mass is 10.0. The minimum atomic E-state index is -4.67. The van der Waals surface area contributed by atoms with Crippen molar-refractivity contribution in [2.75, 3.05) is 5.75 Å². The van der Waals surface area contributed by atoms with Crippen LogP contribution in [0.2, 0.25) is 0 Å². The molecule has 0 radical (unpaired) electrons. The molecule has 0 aliphatic rings. The highest BCUT2D eigenvalue weighted by molar-refractivity contribution is 7.99. The van der Waals surface area contributed by atoms with Crippen molar-refractivity contribution in [3.63, 3.8) is 0 Å². The van der Waals surface area contributed by atoms with Gasteiger partial charge in [-0.3, -0.25) is 0 Å². The van der Waals surface area contributed by atoms with Gasteiger partial charge in [-0.25, -0.2) is 0 Å². The summed E-state index contributed by atoms with van der Waals surface area (Å²) in [7, 11) is 0. The minimum Gasteiger partial charge on any atom is -0.351 e. The molecule has 0 fully saturated rings. The van der Waals surface area contributed by atoms with Crippen molar-refractivity contribution in [2.24, 2.45) is 0 Å². The number of aromatic nitrogens is 1. The molecule has 9 heteroatoms. The van der Waals surface area contributed by atoms with Crippen molar-refractivity contribution in [3.05, 3.63) is 35.1 Å². The molecule has 1 aromatic carbocycles. The van der Waals surface area contributed by atoms with Crippen LogP contribution < -0.4 is 0 Å². The van der Waals surface area contributed by atoms with Gasteiger partial charge in [0.25, 0.3) is 0 Å². The van der Waals surface area contributed by atoms with E-state index < -0.39 is 23.9 Å². The van der Waals surface area contributed by atoms with Gasteiger partial charge in [0.1, 0.15) is 5.69 Å². The van der Waals surface area contributed by atoms with Crippen molar-refractivity contribution in [1.29, 1.82) is 0 Å². The van der Waals surface area contributed by atoms with Crippen molar-refractivity contribution >= 4 is 11.8 Å². The molecule has 126 valence electrons. The summed E-state index contributed by atoms with van der Waals surface area (Å²) in [4.78, 5) is 0.333. The number of rotatable bonds is 3. The Kier molecular flexibility index (Phi) is 4.70. The van der Waals surface area contributed by atoms with Crippen molar-refractivity contribution in [3.8, 4) is 11.3 Å². The Labute approximate surface area is 131 Å². The molecule has 0 N–H and O–H groups in total. The molecule has 0 saturated heterocycles. The number of hydrogen-bond acceptors (Lipinski definition) is 3. The Balaban J connectivity index is 2.37. The fraction of sp³-hybridized carbons (Fsp3) is 0.357. The first-order valence-corrected chi connectivity index (χ1v) is 7.31. The zero-order valence-electron chi connectivity index (χ0n) is 12.0. The number of nitrogens with zero attached hydrogens (tertiary/aromatic N) is 1. The largest absolute Gasteiger partial charge is 0.452 e. The van der Waals surface area contributed by atoms with Gasteiger partial charge < -0.3 is 4.52 Å². The molecule has 1 aromatic heterocycles. The van der Waals surface area contributed by atoms with E-state index in [-0.39, 0.29) is 5.69 Å². The summed E-state index contributed by atoms with van der Waals surface area (Å²) in [6.45, 7) is 3.28. The summed E-state index contributed by atoms with van der Waals surface area (Å²) in [5, 5.41) is 3.37. The Morgan fingerprint density at radius 1 is 1.00 bits per heavy atom. The van der Waals surface area contributed by atoms with Gasteiger partial charge in [0.05, 0.1) is 5.75 Å². The van der Waals surface area contributed by atoms with Crippen LogP contribution in [0.25, 0.3) is 11.3 Å². The van der Waals surface area contributed by atoms with Gasteiger partial charge in [-0.15, -0.1) is 11.8 Å². The molecule has 0 atom stereocenters. The molecule has 0 unspecified atom stereocenters. The lowest BCUT2D eigenvalue weighted by molar-refractivity contribution is -0.155. The van der Waals surface area contributed by atoms with E-state index in [1.807, 2.05) is 0 Å². The van der Waals surface area contributed by atoms with E-state index in [4.69, 9.17) is 0 Å². The first-order chi connectivity index (χ1) is 10.5. The number of halogens is 6. The maximum atomic E-state index is 12.5. The highest BCUT2D eigenvalue weighted by Gasteiger charge is 2.36. The molecule has 0 amide bonds. The van der Waals surface area contributed by atoms with Gasteiger partial charge >= 0.3 is 12.4 Å². The molecule has 2 nitrogen and oxygen atoms in total. The number of benzene rings is 1. The maximum Gasteiger partial charge on any atom is 0.452 e. The van der Waals surface area contributed by atoms with Crippen LogP contribution in [0.5, 0.6) is 0 Å². The Bertz CT molecular complexity index is 704. The lowest BCUT2D eigenvalue weighted by Gasteiger charge is -2.11. The monoisotopic (exact) mass is 355 g/mol. The molecule has 23 heavy (non-hydrogen) atoms. The minimum absolute atomic E-state index is 0.0660.